The molecule has 0 saturated carbocycles. The van der Waals surface area contributed by atoms with E-state index in [1.54, 1.807) is 11.9 Å². The first-order chi connectivity index (χ1) is 12.4. The van der Waals surface area contributed by atoms with Crippen LogP contribution < -0.4 is 5.32 Å². The van der Waals surface area contributed by atoms with E-state index < -0.39 is 6.04 Å². The van der Waals surface area contributed by atoms with Gasteiger partial charge in [-0.3, -0.25) is 9.59 Å². The Balaban J connectivity index is 2.28. The number of benzene rings is 2. The van der Waals surface area contributed by atoms with Gasteiger partial charge in [0, 0.05) is 13.6 Å². The number of nitrogens with one attached hydrogen (secondary N) is 1. The van der Waals surface area contributed by atoms with Crippen molar-refractivity contribution in [3.05, 3.63) is 70.8 Å². The Morgan fingerprint density at radius 3 is 2.12 bits per heavy atom. The van der Waals surface area contributed by atoms with E-state index in [0.717, 1.165) is 22.3 Å². The van der Waals surface area contributed by atoms with Gasteiger partial charge in [-0.25, -0.2) is 0 Å². The summed E-state index contributed by atoms with van der Waals surface area (Å²) in [5.74, 6) is -0.162. The predicted octanol–water partition coefficient (Wildman–Crippen LogP) is 3.40. The minimum atomic E-state index is -0.474. The van der Waals surface area contributed by atoms with Gasteiger partial charge in [0.15, 0.2) is 0 Å². The Morgan fingerprint density at radius 1 is 1.00 bits per heavy atom. The molecule has 0 aromatic heterocycles. The van der Waals surface area contributed by atoms with Crippen molar-refractivity contribution < 1.29 is 9.59 Å². The average Bonchev–Trinajstić information content (AvgIpc) is 2.61. The van der Waals surface area contributed by atoms with Crippen LogP contribution in [0.5, 0.6) is 0 Å². The van der Waals surface area contributed by atoms with E-state index in [1.165, 1.54) is 0 Å². The van der Waals surface area contributed by atoms with Crippen molar-refractivity contribution in [2.75, 3.05) is 7.05 Å². The molecule has 26 heavy (non-hydrogen) atoms. The Kier molecular flexibility index (Phi) is 6.96. The zero-order valence-electron chi connectivity index (χ0n) is 16.1. The predicted molar refractivity (Wildman–Crippen MR) is 105 cm³/mol. The Morgan fingerprint density at radius 2 is 1.58 bits per heavy atom. The van der Waals surface area contributed by atoms with Crippen molar-refractivity contribution in [2.24, 2.45) is 0 Å². The topological polar surface area (TPSA) is 49.4 Å². The number of hydrogen-bond acceptors (Lipinski definition) is 2. The lowest BCUT2D eigenvalue weighted by molar-refractivity contribution is -0.140. The number of amides is 2. The van der Waals surface area contributed by atoms with Crippen molar-refractivity contribution in [1.82, 2.24) is 10.2 Å². The molecule has 0 aliphatic rings. The maximum atomic E-state index is 13.1. The third-order valence-electron chi connectivity index (χ3n) is 4.51. The van der Waals surface area contributed by atoms with Crippen LogP contribution in [-0.2, 0) is 22.6 Å². The second-order valence-electron chi connectivity index (χ2n) is 6.71. The van der Waals surface area contributed by atoms with Gasteiger partial charge in [-0.15, -0.1) is 0 Å². The van der Waals surface area contributed by atoms with Gasteiger partial charge in [-0.05, 0) is 31.4 Å². The molecule has 2 rings (SSSR count). The summed E-state index contributed by atoms with van der Waals surface area (Å²) in [7, 11) is 1.61. The summed E-state index contributed by atoms with van der Waals surface area (Å²) in [4.78, 5) is 27.1. The largest absolute Gasteiger partial charge is 0.357 e. The third-order valence-corrected chi connectivity index (χ3v) is 4.51. The minimum absolute atomic E-state index is 0.0347. The van der Waals surface area contributed by atoms with Gasteiger partial charge < -0.3 is 10.2 Å². The number of carbonyl (C=O) groups is 2. The van der Waals surface area contributed by atoms with Crippen LogP contribution in [0.2, 0.25) is 0 Å². The molecular formula is C22H28N2O2. The Labute approximate surface area is 156 Å². The second kappa shape index (κ2) is 9.18. The number of hydrogen-bond donors (Lipinski definition) is 1. The smallest absolute Gasteiger partial charge is 0.242 e. The monoisotopic (exact) mass is 352 g/mol. The van der Waals surface area contributed by atoms with Crippen molar-refractivity contribution in [3.8, 4) is 0 Å². The number of likely N-dealkylation sites (N-methyl/N-ethyl adjacent to an activating group) is 1. The molecule has 1 unspecified atom stereocenters. The van der Waals surface area contributed by atoms with E-state index >= 15 is 0 Å². The van der Waals surface area contributed by atoms with Crippen LogP contribution >= 0.6 is 0 Å². The minimum Gasteiger partial charge on any atom is -0.357 e. The van der Waals surface area contributed by atoms with E-state index in [9.17, 15) is 9.59 Å². The van der Waals surface area contributed by atoms with Crippen molar-refractivity contribution in [1.29, 1.82) is 0 Å². The summed E-state index contributed by atoms with van der Waals surface area (Å²) >= 11 is 0. The molecular weight excluding hydrogens is 324 g/mol. The maximum Gasteiger partial charge on any atom is 0.242 e. The van der Waals surface area contributed by atoms with E-state index in [0.29, 0.717) is 19.4 Å². The fraction of sp³-hybridized carbons (Fsp3) is 0.364. The molecule has 0 spiro atoms. The SMILES string of the molecule is CCC(C(=O)NC)N(Cc1cccc(C)c1)C(=O)Cc1cccc(C)c1. The van der Waals surface area contributed by atoms with Crippen molar-refractivity contribution in [2.45, 2.75) is 46.2 Å². The van der Waals surface area contributed by atoms with Crippen LogP contribution in [0.25, 0.3) is 0 Å². The highest BCUT2D eigenvalue weighted by molar-refractivity contribution is 5.88. The van der Waals surface area contributed by atoms with E-state index in [-0.39, 0.29) is 11.8 Å². The van der Waals surface area contributed by atoms with E-state index in [1.807, 2.05) is 63.2 Å². The molecule has 0 bridgehead atoms. The Bertz CT molecular complexity index is 770. The number of rotatable bonds is 7. The van der Waals surface area contributed by atoms with E-state index in [4.69, 9.17) is 0 Å². The molecule has 4 heteroatoms. The number of aryl methyl sites for hydroxylation is 2. The number of carbonyl (C=O) groups excluding carboxylic acids is 2. The highest BCUT2D eigenvalue weighted by atomic mass is 16.2. The summed E-state index contributed by atoms with van der Waals surface area (Å²) in [5, 5.41) is 2.69. The van der Waals surface area contributed by atoms with Crippen LogP contribution in [-0.4, -0.2) is 29.8 Å². The summed E-state index contributed by atoms with van der Waals surface area (Å²) in [6.07, 6.45) is 0.867. The molecule has 2 aromatic carbocycles. The van der Waals surface area contributed by atoms with Crippen molar-refractivity contribution >= 4 is 11.8 Å². The second-order valence-corrected chi connectivity index (χ2v) is 6.71. The maximum absolute atomic E-state index is 13.1. The number of nitrogens with zero attached hydrogens (tertiary/aromatic N) is 1. The van der Waals surface area contributed by atoms with Gasteiger partial charge in [0.25, 0.3) is 0 Å². The molecule has 1 atom stereocenters. The van der Waals surface area contributed by atoms with Crippen LogP contribution in [0.3, 0.4) is 0 Å². The van der Waals surface area contributed by atoms with Gasteiger partial charge in [-0.2, -0.15) is 0 Å². The highest BCUT2D eigenvalue weighted by Gasteiger charge is 2.27. The van der Waals surface area contributed by atoms with Gasteiger partial charge in [-0.1, -0.05) is 66.6 Å². The standard InChI is InChI=1S/C22H28N2O2/c1-5-20(22(26)23-4)24(15-19-11-7-9-17(3)13-19)21(25)14-18-10-6-8-16(2)12-18/h6-13,20H,5,14-15H2,1-4H3,(H,23,26). The van der Waals surface area contributed by atoms with Crippen LogP contribution in [0.15, 0.2) is 48.5 Å². The summed E-state index contributed by atoms with van der Waals surface area (Å²) < 4.78 is 0. The van der Waals surface area contributed by atoms with Crippen LogP contribution in [0, 0.1) is 13.8 Å². The van der Waals surface area contributed by atoms with E-state index in [2.05, 4.69) is 11.4 Å². The first-order valence-corrected chi connectivity index (χ1v) is 9.06. The molecule has 0 fully saturated rings. The van der Waals surface area contributed by atoms with Crippen LogP contribution in [0.4, 0.5) is 0 Å². The lowest BCUT2D eigenvalue weighted by atomic mass is 10.0. The summed E-state index contributed by atoms with van der Waals surface area (Å²) in [6.45, 7) is 6.40. The van der Waals surface area contributed by atoms with Gasteiger partial charge in [0.05, 0.1) is 6.42 Å². The quantitative estimate of drug-likeness (QED) is 0.830. The molecule has 0 radical (unpaired) electrons. The van der Waals surface area contributed by atoms with Gasteiger partial charge >= 0.3 is 0 Å². The Hall–Kier alpha value is -2.62. The fourth-order valence-corrected chi connectivity index (χ4v) is 3.19. The zero-order valence-corrected chi connectivity index (χ0v) is 16.1. The molecule has 4 nitrogen and oxygen atoms in total. The summed E-state index contributed by atoms with van der Waals surface area (Å²) in [5.41, 5.74) is 4.27. The highest BCUT2D eigenvalue weighted by Crippen LogP contribution is 2.16. The van der Waals surface area contributed by atoms with Crippen LogP contribution in [0.1, 0.15) is 35.6 Å². The molecule has 1 N–H and O–H groups in total. The molecule has 2 amide bonds. The van der Waals surface area contributed by atoms with Crippen molar-refractivity contribution in [3.63, 3.8) is 0 Å². The molecule has 138 valence electrons. The fourth-order valence-electron chi connectivity index (χ4n) is 3.19. The summed E-state index contributed by atoms with van der Waals surface area (Å²) in [6, 6.07) is 15.5. The first-order valence-electron chi connectivity index (χ1n) is 9.06. The lowest BCUT2D eigenvalue weighted by Crippen LogP contribution is -2.48. The molecule has 0 aliphatic heterocycles. The molecule has 2 aromatic rings. The first kappa shape index (κ1) is 19.7. The molecule has 0 heterocycles. The average molecular weight is 352 g/mol. The normalized spacial score (nSPS) is 11.7. The molecule has 0 aliphatic carbocycles. The molecule has 0 saturated heterocycles. The lowest BCUT2D eigenvalue weighted by Gasteiger charge is -2.30. The third kappa shape index (κ3) is 5.19. The van der Waals surface area contributed by atoms with Gasteiger partial charge in [0.1, 0.15) is 6.04 Å². The van der Waals surface area contributed by atoms with Gasteiger partial charge in [0.2, 0.25) is 11.8 Å². The zero-order chi connectivity index (χ0) is 19.1.